The van der Waals surface area contributed by atoms with Crippen molar-refractivity contribution < 1.29 is 24.3 Å². The molecule has 2 aromatic carbocycles. The standard InChI is InChI=1S/C26H22N6O5S/c33-23(34)11-21(26(37)38)32-25(36)16-7-10-18(27-12-16)13-29-24(35)15-5-8-17(9-6-15)30-22-14-28-19-3-1-2-4-20(19)31-22/h1-10,12,14,21H,11,13H2,(H,29,35)(H,30,31)(H,32,36)(H,33,34)(H,37,38)/t21-/m0/s1. The summed E-state index contributed by atoms with van der Waals surface area (Å²) >= 11 is 3.61. The Labute approximate surface area is 222 Å². The van der Waals surface area contributed by atoms with Crippen LogP contribution in [0, 0.1) is 0 Å². The second-order valence-corrected chi connectivity index (χ2v) is 8.57. The average molecular weight is 531 g/mol. The summed E-state index contributed by atoms with van der Waals surface area (Å²) in [6, 6.07) is 16.1. The Hall–Kier alpha value is -4.84. The number of anilines is 2. The van der Waals surface area contributed by atoms with E-state index < -0.39 is 29.5 Å². The molecule has 4 rings (SSSR count). The van der Waals surface area contributed by atoms with Crippen molar-refractivity contribution in [2.45, 2.75) is 19.0 Å². The summed E-state index contributed by atoms with van der Waals surface area (Å²) in [6.45, 7) is 0.115. The van der Waals surface area contributed by atoms with E-state index in [2.05, 4.69) is 43.5 Å². The quantitative estimate of drug-likeness (QED) is 0.194. The van der Waals surface area contributed by atoms with Crippen LogP contribution in [0.1, 0.15) is 32.8 Å². The van der Waals surface area contributed by atoms with E-state index in [0.717, 1.165) is 16.7 Å². The van der Waals surface area contributed by atoms with Crippen molar-refractivity contribution in [2.24, 2.45) is 0 Å². The number of benzene rings is 2. The molecule has 2 aromatic heterocycles. The topological polar surface area (TPSA) is 163 Å². The molecule has 11 nitrogen and oxygen atoms in total. The van der Waals surface area contributed by atoms with E-state index in [4.69, 9.17) is 5.11 Å². The Bertz CT molecular complexity index is 1490. The van der Waals surface area contributed by atoms with Gasteiger partial charge in [-0.25, -0.2) is 4.98 Å². The number of carboxylic acids is 1. The minimum absolute atomic E-state index is 0.115. The molecule has 4 N–H and O–H groups in total. The maximum Gasteiger partial charge on any atom is 0.305 e. The first-order chi connectivity index (χ1) is 18.3. The van der Waals surface area contributed by atoms with E-state index in [-0.39, 0.29) is 18.0 Å². The zero-order valence-electron chi connectivity index (χ0n) is 19.8. The number of aliphatic carboxylic acids is 1. The van der Waals surface area contributed by atoms with E-state index in [1.54, 1.807) is 36.5 Å². The van der Waals surface area contributed by atoms with Crippen LogP contribution in [0.5, 0.6) is 0 Å². The van der Waals surface area contributed by atoms with Gasteiger partial charge in [0.2, 0.25) is 5.12 Å². The number of hydrogen-bond donors (Lipinski definition) is 5. The lowest BCUT2D eigenvalue weighted by Gasteiger charge is -2.13. The van der Waals surface area contributed by atoms with Gasteiger partial charge >= 0.3 is 5.97 Å². The smallest absolute Gasteiger partial charge is 0.305 e. The second kappa shape index (κ2) is 11.9. The predicted molar refractivity (Wildman–Crippen MR) is 142 cm³/mol. The van der Waals surface area contributed by atoms with Crippen LogP contribution in [-0.2, 0) is 16.1 Å². The van der Waals surface area contributed by atoms with Crippen LogP contribution in [0.4, 0.5) is 11.5 Å². The van der Waals surface area contributed by atoms with Crippen molar-refractivity contribution >= 4 is 58.1 Å². The van der Waals surface area contributed by atoms with Crippen LogP contribution in [0.3, 0.4) is 0 Å². The lowest BCUT2D eigenvalue weighted by molar-refractivity contribution is -0.138. The van der Waals surface area contributed by atoms with Gasteiger partial charge in [-0.05, 0) is 48.5 Å². The number of para-hydroxylation sites is 2. The molecule has 0 aliphatic rings. The molecular formula is C26H22N6O5S. The van der Waals surface area contributed by atoms with Crippen molar-refractivity contribution in [3.8, 4) is 0 Å². The molecule has 0 radical (unpaired) electrons. The van der Waals surface area contributed by atoms with Gasteiger partial charge in [0.25, 0.3) is 11.8 Å². The number of aromatic nitrogens is 3. The summed E-state index contributed by atoms with van der Waals surface area (Å²) < 4.78 is 0. The molecule has 1 atom stereocenters. The number of nitrogens with zero attached hydrogens (tertiary/aromatic N) is 3. The Morgan fingerprint density at radius 3 is 2.21 bits per heavy atom. The molecule has 0 spiro atoms. The zero-order valence-corrected chi connectivity index (χ0v) is 20.7. The van der Waals surface area contributed by atoms with Gasteiger partial charge in [0.15, 0.2) is 0 Å². The summed E-state index contributed by atoms with van der Waals surface area (Å²) in [4.78, 5) is 60.1. The number of carboxylic acid groups (broad SMARTS) is 1. The summed E-state index contributed by atoms with van der Waals surface area (Å²) in [5, 5.41) is 16.3. The third-order valence-electron chi connectivity index (χ3n) is 5.37. The normalized spacial score (nSPS) is 11.4. The molecule has 192 valence electrons. The van der Waals surface area contributed by atoms with Crippen LogP contribution < -0.4 is 16.0 Å². The largest absolute Gasteiger partial charge is 0.481 e. The third-order valence-corrected chi connectivity index (χ3v) is 5.68. The highest BCUT2D eigenvalue weighted by Crippen LogP contribution is 2.17. The molecular weight excluding hydrogens is 508 g/mol. The zero-order chi connectivity index (χ0) is 27.1. The number of amides is 2. The molecule has 0 aliphatic heterocycles. The Morgan fingerprint density at radius 1 is 0.842 bits per heavy atom. The van der Waals surface area contributed by atoms with Crippen molar-refractivity contribution in [3.63, 3.8) is 0 Å². The van der Waals surface area contributed by atoms with Gasteiger partial charge < -0.3 is 21.1 Å². The molecule has 2 amide bonds. The van der Waals surface area contributed by atoms with Gasteiger partial charge in [-0.1, -0.05) is 12.1 Å². The molecule has 0 bridgehead atoms. The molecule has 0 unspecified atom stereocenters. The molecule has 2 heterocycles. The fourth-order valence-corrected chi connectivity index (χ4v) is 3.58. The van der Waals surface area contributed by atoms with Gasteiger partial charge in [-0.2, -0.15) is 0 Å². The summed E-state index contributed by atoms with van der Waals surface area (Å²) in [5.74, 6) is -1.63. The van der Waals surface area contributed by atoms with Crippen molar-refractivity contribution in [1.29, 1.82) is 0 Å². The predicted octanol–water partition coefficient (Wildman–Crippen LogP) is 2.73. The molecule has 0 fully saturated rings. The minimum Gasteiger partial charge on any atom is -0.481 e. The molecule has 0 saturated heterocycles. The number of fused-ring (bicyclic) bond motifs is 1. The molecule has 0 aliphatic carbocycles. The van der Waals surface area contributed by atoms with E-state index in [9.17, 15) is 19.2 Å². The van der Waals surface area contributed by atoms with Crippen molar-refractivity contribution in [2.75, 3.05) is 5.32 Å². The number of hydrogen-bond acceptors (Lipinski definition) is 8. The maximum atomic E-state index is 12.5. The maximum absolute atomic E-state index is 12.5. The molecule has 4 aromatic rings. The lowest BCUT2D eigenvalue weighted by atomic mass is 10.2. The third kappa shape index (κ3) is 6.89. The van der Waals surface area contributed by atoms with Gasteiger partial charge in [0.05, 0.1) is 41.5 Å². The number of pyridine rings is 1. The van der Waals surface area contributed by atoms with Crippen LogP contribution in [0.15, 0.2) is 73.1 Å². The fraction of sp³-hybridized carbons (Fsp3) is 0.115. The first-order valence-corrected chi connectivity index (χ1v) is 11.8. The Balaban J connectivity index is 1.30. The van der Waals surface area contributed by atoms with Gasteiger partial charge in [0, 0.05) is 17.4 Å². The summed E-state index contributed by atoms with van der Waals surface area (Å²) in [5.41, 5.74) is 3.38. The Morgan fingerprint density at radius 2 is 1.55 bits per heavy atom. The summed E-state index contributed by atoms with van der Waals surface area (Å²) in [7, 11) is 0. The van der Waals surface area contributed by atoms with Crippen LogP contribution in [-0.4, -0.2) is 49.0 Å². The molecule has 38 heavy (non-hydrogen) atoms. The molecule has 12 heteroatoms. The first kappa shape index (κ1) is 26.2. The van der Waals surface area contributed by atoms with Crippen LogP contribution >= 0.6 is 12.6 Å². The fourth-order valence-electron chi connectivity index (χ4n) is 3.42. The minimum atomic E-state index is -1.26. The number of nitrogens with one attached hydrogen (secondary N) is 3. The lowest BCUT2D eigenvalue weighted by Crippen LogP contribution is -2.40. The van der Waals surface area contributed by atoms with Crippen LogP contribution in [0.25, 0.3) is 11.0 Å². The van der Waals surface area contributed by atoms with E-state index >= 15 is 0 Å². The van der Waals surface area contributed by atoms with E-state index in [1.165, 1.54) is 12.3 Å². The number of rotatable bonds is 10. The average Bonchev–Trinajstić information content (AvgIpc) is 2.91. The van der Waals surface area contributed by atoms with Crippen molar-refractivity contribution in [1.82, 2.24) is 25.6 Å². The number of carbonyl (C=O) groups excluding carboxylic acids is 3. The SMILES string of the molecule is O=C(O)C[C@H](NC(=O)c1ccc(CNC(=O)c2ccc(Nc3cnc4ccccc4n3)cc2)nc1)C(=O)S. The molecule has 0 saturated carbocycles. The number of carbonyl (C=O) groups is 4. The first-order valence-electron chi connectivity index (χ1n) is 11.4. The van der Waals surface area contributed by atoms with E-state index in [1.807, 2.05) is 24.3 Å². The summed E-state index contributed by atoms with van der Waals surface area (Å²) in [6.07, 6.45) is 2.33. The highest BCUT2D eigenvalue weighted by molar-refractivity contribution is 7.96. The van der Waals surface area contributed by atoms with Crippen molar-refractivity contribution in [3.05, 3.63) is 89.9 Å². The number of thiol groups is 1. The highest BCUT2D eigenvalue weighted by atomic mass is 32.1. The van der Waals surface area contributed by atoms with Crippen LogP contribution in [0.2, 0.25) is 0 Å². The Kier molecular flexibility index (Phi) is 8.23. The second-order valence-electron chi connectivity index (χ2n) is 8.13. The van der Waals surface area contributed by atoms with Gasteiger partial charge in [-0.3, -0.25) is 29.1 Å². The monoisotopic (exact) mass is 530 g/mol. The van der Waals surface area contributed by atoms with Gasteiger partial charge in [-0.15, -0.1) is 12.6 Å². The van der Waals surface area contributed by atoms with E-state index in [0.29, 0.717) is 17.1 Å². The van der Waals surface area contributed by atoms with Gasteiger partial charge in [0.1, 0.15) is 11.9 Å². The highest BCUT2D eigenvalue weighted by Gasteiger charge is 2.22.